The Hall–Kier alpha value is -1.86. The molecule has 1 heterocycles. The van der Waals surface area contributed by atoms with Crippen LogP contribution in [0.4, 0.5) is 4.39 Å². The van der Waals surface area contributed by atoms with E-state index in [2.05, 4.69) is 11.2 Å². The highest BCUT2D eigenvalue weighted by Gasteiger charge is 2.14. The molecule has 1 aromatic heterocycles. The van der Waals surface area contributed by atoms with Gasteiger partial charge < -0.3 is 5.32 Å². The Morgan fingerprint density at radius 1 is 1.53 bits per heavy atom. The molecule has 1 N–H and O–H groups in total. The van der Waals surface area contributed by atoms with Crippen LogP contribution >= 0.6 is 11.3 Å². The number of thiophene rings is 1. The number of terminal acetylenes is 1. The molecular weight excluding hydrogens is 261 g/mol. The zero-order chi connectivity index (χ0) is 13.8. The average Bonchev–Trinajstić information content (AvgIpc) is 2.81. The van der Waals surface area contributed by atoms with Crippen molar-refractivity contribution in [2.45, 2.75) is 25.8 Å². The van der Waals surface area contributed by atoms with Gasteiger partial charge in [-0.15, -0.1) is 23.7 Å². The van der Waals surface area contributed by atoms with Crippen LogP contribution in [0.15, 0.2) is 24.3 Å². The Morgan fingerprint density at radius 3 is 3.00 bits per heavy atom. The third-order valence-corrected chi connectivity index (χ3v) is 3.99. The van der Waals surface area contributed by atoms with Gasteiger partial charge in [0.05, 0.1) is 4.88 Å². The van der Waals surface area contributed by atoms with Gasteiger partial charge in [-0.3, -0.25) is 4.79 Å². The Kier molecular flexibility index (Phi) is 4.18. The van der Waals surface area contributed by atoms with Gasteiger partial charge in [-0.1, -0.05) is 13.0 Å². The van der Waals surface area contributed by atoms with Gasteiger partial charge in [0.15, 0.2) is 0 Å². The van der Waals surface area contributed by atoms with Gasteiger partial charge in [0, 0.05) is 17.2 Å². The number of rotatable bonds is 4. The summed E-state index contributed by atoms with van der Waals surface area (Å²) in [5.74, 6) is 2.11. The zero-order valence-electron chi connectivity index (χ0n) is 10.6. The van der Waals surface area contributed by atoms with E-state index in [-0.39, 0.29) is 17.8 Å². The fraction of sp³-hybridized carbons (Fsp3) is 0.267. The van der Waals surface area contributed by atoms with Gasteiger partial charge in [0.1, 0.15) is 5.82 Å². The van der Waals surface area contributed by atoms with E-state index in [1.54, 1.807) is 12.1 Å². The van der Waals surface area contributed by atoms with Crippen molar-refractivity contribution >= 4 is 27.3 Å². The molecule has 0 bridgehead atoms. The standard InChI is InChI=1S/C15H14FNOS/c1-3-5-12(4-2)17-15(18)14-8-10-6-7-11(16)9-13(10)19-14/h1,6-9,12H,4-5H2,2H3,(H,17,18). The van der Waals surface area contributed by atoms with Crippen LogP contribution in [-0.4, -0.2) is 11.9 Å². The van der Waals surface area contributed by atoms with Crippen LogP contribution in [0.1, 0.15) is 29.4 Å². The summed E-state index contributed by atoms with van der Waals surface area (Å²) in [5, 5.41) is 3.77. The summed E-state index contributed by atoms with van der Waals surface area (Å²) in [6, 6.07) is 6.27. The Labute approximate surface area is 115 Å². The second kappa shape index (κ2) is 5.85. The predicted octanol–water partition coefficient (Wildman–Crippen LogP) is 3.57. The Bertz CT molecular complexity index is 641. The van der Waals surface area contributed by atoms with Crippen LogP contribution in [0.2, 0.25) is 0 Å². The molecule has 0 spiro atoms. The van der Waals surface area contributed by atoms with Gasteiger partial charge in [-0.25, -0.2) is 4.39 Å². The minimum Gasteiger partial charge on any atom is -0.348 e. The number of carbonyl (C=O) groups is 1. The maximum Gasteiger partial charge on any atom is 0.261 e. The first-order chi connectivity index (χ1) is 9.13. The second-order valence-corrected chi connectivity index (χ2v) is 5.36. The number of halogens is 1. The molecule has 98 valence electrons. The fourth-order valence-electron chi connectivity index (χ4n) is 1.81. The molecule has 2 aromatic rings. The molecular formula is C15H14FNOS. The van der Waals surface area contributed by atoms with E-state index in [4.69, 9.17) is 6.42 Å². The van der Waals surface area contributed by atoms with Gasteiger partial charge in [0.2, 0.25) is 0 Å². The molecule has 0 saturated heterocycles. The molecule has 19 heavy (non-hydrogen) atoms. The summed E-state index contributed by atoms with van der Waals surface area (Å²) in [7, 11) is 0. The third kappa shape index (κ3) is 3.12. The van der Waals surface area contributed by atoms with Gasteiger partial charge in [-0.05, 0) is 30.0 Å². The normalized spacial score (nSPS) is 12.1. The van der Waals surface area contributed by atoms with Crippen molar-refractivity contribution in [1.29, 1.82) is 0 Å². The highest BCUT2D eigenvalue weighted by atomic mass is 32.1. The summed E-state index contributed by atoms with van der Waals surface area (Å²) >= 11 is 1.29. The predicted molar refractivity (Wildman–Crippen MR) is 76.8 cm³/mol. The highest BCUT2D eigenvalue weighted by Crippen LogP contribution is 2.26. The second-order valence-electron chi connectivity index (χ2n) is 4.28. The van der Waals surface area contributed by atoms with Crippen molar-refractivity contribution in [2.75, 3.05) is 0 Å². The van der Waals surface area contributed by atoms with Crippen LogP contribution in [0, 0.1) is 18.2 Å². The molecule has 4 heteroatoms. The number of amides is 1. The summed E-state index contributed by atoms with van der Waals surface area (Å²) in [5.41, 5.74) is 0. The minimum atomic E-state index is -0.292. The van der Waals surface area contributed by atoms with E-state index in [1.807, 2.05) is 6.92 Å². The molecule has 1 atom stereocenters. The van der Waals surface area contributed by atoms with E-state index >= 15 is 0 Å². The highest BCUT2D eigenvalue weighted by molar-refractivity contribution is 7.20. The maximum absolute atomic E-state index is 13.1. The monoisotopic (exact) mass is 275 g/mol. The van der Waals surface area contributed by atoms with E-state index in [1.165, 1.54) is 23.5 Å². The number of fused-ring (bicyclic) bond motifs is 1. The van der Waals surface area contributed by atoms with Gasteiger partial charge in [-0.2, -0.15) is 0 Å². The lowest BCUT2D eigenvalue weighted by Gasteiger charge is -2.12. The molecule has 2 rings (SSSR count). The molecule has 0 aliphatic heterocycles. The van der Waals surface area contributed by atoms with E-state index in [9.17, 15) is 9.18 Å². The van der Waals surface area contributed by atoms with Gasteiger partial charge in [0.25, 0.3) is 5.91 Å². The first-order valence-corrected chi connectivity index (χ1v) is 6.89. The number of carbonyl (C=O) groups excluding carboxylic acids is 1. The number of hydrogen-bond donors (Lipinski definition) is 1. The van der Waals surface area contributed by atoms with Crippen molar-refractivity contribution in [3.8, 4) is 12.3 Å². The molecule has 1 aromatic carbocycles. The van der Waals surface area contributed by atoms with E-state index in [0.29, 0.717) is 11.3 Å². The lowest BCUT2D eigenvalue weighted by molar-refractivity contribution is 0.0941. The van der Waals surface area contributed by atoms with E-state index in [0.717, 1.165) is 16.5 Å². The summed E-state index contributed by atoms with van der Waals surface area (Å²) < 4.78 is 13.9. The van der Waals surface area contributed by atoms with Crippen molar-refractivity contribution in [1.82, 2.24) is 5.32 Å². The van der Waals surface area contributed by atoms with Crippen molar-refractivity contribution in [3.63, 3.8) is 0 Å². The first-order valence-electron chi connectivity index (χ1n) is 6.07. The Morgan fingerprint density at radius 2 is 2.32 bits per heavy atom. The third-order valence-electron chi connectivity index (χ3n) is 2.90. The van der Waals surface area contributed by atoms with Crippen molar-refractivity contribution in [2.24, 2.45) is 0 Å². The lowest BCUT2D eigenvalue weighted by atomic mass is 10.1. The van der Waals surface area contributed by atoms with Crippen molar-refractivity contribution < 1.29 is 9.18 Å². The fourth-order valence-corrected chi connectivity index (χ4v) is 2.80. The molecule has 0 fully saturated rings. The molecule has 2 nitrogen and oxygen atoms in total. The average molecular weight is 275 g/mol. The molecule has 0 radical (unpaired) electrons. The summed E-state index contributed by atoms with van der Waals surface area (Å²) in [4.78, 5) is 12.7. The lowest BCUT2D eigenvalue weighted by Crippen LogP contribution is -2.33. The van der Waals surface area contributed by atoms with Gasteiger partial charge >= 0.3 is 0 Å². The van der Waals surface area contributed by atoms with Crippen LogP contribution in [0.25, 0.3) is 10.1 Å². The number of benzene rings is 1. The number of hydrogen-bond acceptors (Lipinski definition) is 2. The quantitative estimate of drug-likeness (QED) is 0.849. The van der Waals surface area contributed by atoms with Crippen LogP contribution in [0.5, 0.6) is 0 Å². The maximum atomic E-state index is 13.1. The molecule has 0 saturated carbocycles. The molecule has 1 amide bonds. The summed E-state index contributed by atoms with van der Waals surface area (Å²) in [6.07, 6.45) is 6.56. The Balaban J connectivity index is 2.19. The zero-order valence-corrected chi connectivity index (χ0v) is 11.4. The largest absolute Gasteiger partial charge is 0.348 e. The van der Waals surface area contributed by atoms with Crippen LogP contribution in [-0.2, 0) is 0 Å². The first kappa shape index (κ1) is 13.6. The smallest absolute Gasteiger partial charge is 0.261 e. The topological polar surface area (TPSA) is 29.1 Å². The molecule has 0 aliphatic rings. The minimum absolute atomic E-state index is 0.0144. The number of nitrogens with one attached hydrogen (secondary N) is 1. The molecule has 1 unspecified atom stereocenters. The molecule has 0 aliphatic carbocycles. The van der Waals surface area contributed by atoms with Crippen LogP contribution < -0.4 is 5.32 Å². The van der Waals surface area contributed by atoms with E-state index < -0.39 is 0 Å². The summed E-state index contributed by atoms with van der Waals surface area (Å²) in [6.45, 7) is 1.97. The van der Waals surface area contributed by atoms with Crippen molar-refractivity contribution in [3.05, 3.63) is 35.0 Å². The SMILES string of the molecule is C#CCC(CC)NC(=O)c1cc2ccc(F)cc2s1. The van der Waals surface area contributed by atoms with Crippen LogP contribution in [0.3, 0.4) is 0 Å².